The number of thiophene rings is 1. The lowest BCUT2D eigenvalue weighted by atomic mass is 10.2. The molecule has 1 fully saturated rings. The van der Waals surface area contributed by atoms with Gasteiger partial charge in [0.2, 0.25) is 0 Å². The molecule has 1 saturated heterocycles. The van der Waals surface area contributed by atoms with Crippen molar-refractivity contribution in [2.45, 2.75) is 6.54 Å². The van der Waals surface area contributed by atoms with Crippen LogP contribution >= 0.6 is 35.1 Å². The Morgan fingerprint density at radius 3 is 2.46 bits per heavy atom. The van der Waals surface area contributed by atoms with E-state index in [1.165, 1.54) is 11.3 Å². The van der Waals surface area contributed by atoms with Crippen molar-refractivity contribution in [3.63, 3.8) is 0 Å². The van der Waals surface area contributed by atoms with Crippen LogP contribution in [0, 0.1) is 0 Å². The number of halogens is 1. The van der Waals surface area contributed by atoms with Gasteiger partial charge in [-0.2, -0.15) is 0 Å². The van der Waals surface area contributed by atoms with Gasteiger partial charge in [0.15, 0.2) is 0 Å². The van der Waals surface area contributed by atoms with E-state index in [-0.39, 0.29) is 18.3 Å². The summed E-state index contributed by atoms with van der Waals surface area (Å²) in [6.07, 6.45) is 0. The number of nitrogens with zero attached hydrogens (tertiary/aromatic N) is 3. The third kappa shape index (κ3) is 4.32. The second-order valence-electron chi connectivity index (χ2n) is 6.04. The van der Waals surface area contributed by atoms with Crippen molar-refractivity contribution in [3.8, 4) is 11.3 Å². The molecule has 0 radical (unpaired) electrons. The van der Waals surface area contributed by atoms with Gasteiger partial charge in [-0.15, -0.1) is 35.1 Å². The quantitative estimate of drug-likeness (QED) is 0.651. The third-order valence-electron chi connectivity index (χ3n) is 4.37. The molecule has 26 heavy (non-hydrogen) atoms. The lowest BCUT2D eigenvalue weighted by Crippen LogP contribution is -2.48. The van der Waals surface area contributed by atoms with E-state index in [4.69, 9.17) is 4.98 Å². The number of benzene rings is 1. The van der Waals surface area contributed by atoms with Gasteiger partial charge in [0.05, 0.1) is 17.1 Å². The van der Waals surface area contributed by atoms with Crippen molar-refractivity contribution >= 4 is 41.0 Å². The van der Waals surface area contributed by atoms with Crippen LogP contribution in [0.25, 0.3) is 11.3 Å². The van der Waals surface area contributed by atoms with Crippen LogP contribution in [0.2, 0.25) is 0 Å². The summed E-state index contributed by atoms with van der Waals surface area (Å²) >= 11 is 3.23. The first-order valence-electron chi connectivity index (χ1n) is 8.34. The fourth-order valence-electron chi connectivity index (χ4n) is 2.98. The maximum Gasteiger partial charge on any atom is 0.264 e. The fourth-order valence-corrected chi connectivity index (χ4v) is 4.52. The monoisotopic (exact) mass is 405 g/mol. The number of carbonyl (C=O) groups excluding carboxylic acids is 1. The second-order valence-corrected chi connectivity index (χ2v) is 7.93. The molecule has 1 aliphatic rings. The zero-order chi connectivity index (χ0) is 17.1. The minimum Gasteiger partial charge on any atom is -0.335 e. The highest BCUT2D eigenvalue weighted by Gasteiger charge is 2.23. The van der Waals surface area contributed by atoms with Crippen LogP contribution in [0.4, 0.5) is 0 Å². The Kier molecular flexibility index (Phi) is 6.43. The summed E-state index contributed by atoms with van der Waals surface area (Å²) in [7, 11) is 0. The van der Waals surface area contributed by atoms with Crippen LogP contribution < -0.4 is 0 Å². The average Bonchev–Trinajstić information content (AvgIpc) is 3.35. The molecule has 0 bridgehead atoms. The molecule has 136 valence electrons. The standard InChI is InChI=1S/C19H19N3OS2.ClH/c23-19(17-7-4-12-24-17)22-10-8-21(9-11-22)13-18-20-16(14-25-18)15-5-2-1-3-6-15;/h1-7,12,14H,8-11,13H2;1H. The van der Waals surface area contributed by atoms with Crippen LogP contribution in [0.5, 0.6) is 0 Å². The highest BCUT2D eigenvalue weighted by Crippen LogP contribution is 2.23. The molecule has 0 N–H and O–H groups in total. The molecule has 0 saturated carbocycles. The Morgan fingerprint density at radius 1 is 1.00 bits per heavy atom. The van der Waals surface area contributed by atoms with Gasteiger partial charge in [0.25, 0.3) is 5.91 Å². The van der Waals surface area contributed by atoms with Crippen molar-refractivity contribution in [2.24, 2.45) is 0 Å². The van der Waals surface area contributed by atoms with Crippen molar-refractivity contribution in [2.75, 3.05) is 26.2 Å². The topological polar surface area (TPSA) is 36.4 Å². The Labute approximate surface area is 167 Å². The number of amides is 1. The van der Waals surface area contributed by atoms with E-state index in [9.17, 15) is 4.79 Å². The zero-order valence-corrected chi connectivity index (χ0v) is 16.7. The smallest absolute Gasteiger partial charge is 0.264 e. The molecule has 0 aliphatic carbocycles. The lowest BCUT2D eigenvalue weighted by Gasteiger charge is -2.34. The minimum atomic E-state index is 0. The van der Waals surface area contributed by atoms with Crippen molar-refractivity contribution in [1.29, 1.82) is 0 Å². The van der Waals surface area contributed by atoms with E-state index >= 15 is 0 Å². The molecule has 1 amide bonds. The summed E-state index contributed by atoms with van der Waals surface area (Å²) in [6, 6.07) is 14.1. The van der Waals surface area contributed by atoms with E-state index in [1.54, 1.807) is 11.3 Å². The van der Waals surface area contributed by atoms with Crippen LogP contribution in [0.15, 0.2) is 53.2 Å². The molecule has 0 spiro atoms. The Morgan fingerprint density at radius 2 is 1.77 bits per heavy atom. The van der Waals surface area contributed by atoms with Crippen LogP contribution in [-0.2, 0) is 6.54 Å². The lowest BCUT2D eigenvalue weighted by molar-refractivity contribution is 0.0633. The number of hydrogen-bond acceptors (Lipinski definition) is 5. The average molecular weight is 406 g/mol. The van der Waals surface area contributed by atoms with Gasteiger partial charge in [-0.3, -0.25) is 9.69 Å². The van der Waals surface area contributed by atoms with Gasteiger partial charge < -0.3 is 4.90 Å². The van der Waals surface area contributed by atoms with E-state index in [1.807, 2.05) is 40.6 Å². The zero-order valence-electron chi connectivity index (χ0n) is 14.2. The Hall–Kier alpha value is -1.73. The molecule has 0 atom stereocenters. The molecule has 0 unspecified atom stereocenters. The number of aromatic nitrogens is 1. The first kappa shape index (κ1) is 19.0. The van der Waals surface area contributed by atoms with Gasteiger partial charge in [-0.1, -0.05) is 36.4 Å². The molecule has 1 aromatic carbocycles. The number of rotatable bonds is 4. The molecular weight excluding hydrogens is 386 g/mol. The van der Waals surface area contributed by atoms with Gasteiger partial charge in [-0.05, 0) is 11.4 Å². The number of hydrogen-bond donors (Lipinski definition) is 0. The predicted molar refractivity (Wildman–Crippen MR) is 110 cm³/mol. The Balaban J connectivity index is 0.00000196. The first-order chi connectivity index (χ1) is 12.3. The summed E-state index contributed by atoms with van der Waals surface area (Å²) in [5.74, 6) is 0.162. The Bertz CT molecular complexity index is 828. The summed E-state index contributed by atoms with van der Waals surface area (Å²) in [5.41, 5.74) is 2.21. The summed E-state index contributed by atoms with van der Waals surface area (Å²) in [5, 5.41) is 5.22. The van der Waals surface area contributed by atoms with Crippen molar-refractivity contribution in [1.82, 2.24) is 14.8 Å². The minimum absolute atomic E-state index is 0. The van der Waals surface area contributed by atoms with Gasteiger partial charge in [0.1, 0.15) is 5.01 Å². The molecule has 7 heteroatoms. The number of carbonyl (C=O) groups is 1. The normalized spacial score (nSPS) is 14.8. The molecule has 3 heterocycles. The molecule has 2 aromatic heterocycles. The third-order valence-corrected chi connectivity index (χ3v) is 6.06. The fraction of sp³-hybridized carbons (Fsp3) is 0.263. The van der Waals surface area contributed by atoms with Gasteiger partial charge in [-0.25, -0.2) is 4.98 Å². The highest BCUT2D eigenvalue weighted by molar-refractivity contribution is 7.12. The molecule has 3 aromatic rings. The van der Waals surface area contributed by atoms with Crippen LogP contribution in [0.1, 0.15) is 14.7 Å². The first-order valence-corrected chi connectivity index (χ1v) is 10.1. The molecule has 4 nitrogen and oxygen atoms in total. The summed E-state index contributed by atoms with van der Waals surface area (Å²) in [4.78, 5) is 22.3. The maximum absolute atomic E-state index is 12.4. The van der Waals surface area contributed by atoms with E-state index in [0.717, 1.165) is 53.9 Å². The van der Waals surface area contributed by atoms with E-state index in [0.29, 0.717) is 0 Å². The van der Waals surface area contributed by atoms with E-state index in [2.05, 4.69) is 22.4 Å². The molecule has 1 aliphatic heterocycles. The predicted octanol–water partition coefficient (Wildman–Crippen LogP) is 4.25. The number of piperazine rings is 1. The van der Waals surface area contributed by atoms with Crippen LogP contribution in [0.3, 0.4) is 0 Å². The molecular formula is C19H20ClN3OS2. The van der Waals surface area contributed by atoms with Gasteiger partial charge >= 0.3 is 0 Å². The van der Waals surface area contributed by atoms with Crippen LogP contribution in [-0.4, -0.2) is 46.9 Å². The number of thiazole rings is 1. The molecule has 4 rings (SSSR count). The van der Waals surface area contributed by atoms with Gasteiger partial charge in [0, 0.05) is 37.1 Å². The van der Waals surface area contributed by atoms with Crippen molar-refractivity contribution < 1.29 is 4.79 Å². The highest BCUT2D eigenvalue weighted by atomic mass is 35.5. The summed E-state index contributed by atoms with van der Waals surface area (Å²) in [6.45, 7) is 4.23. The largest absolute Gasteiger partial charge is 0.335 e. The van der Waals surface area contributed by atoms with Crippen molar-refractivity contribution in [3.05, 3.63) is 63.1 Å². The maximum atomic E-state index is 12.4. The SMILES string of the molecule is Cl.O=C(c1cccs1)N1CCN(Cc2nc(-c3ccccc3)cs2)CC1. The van der Waals surface area contributed by atoms with E-state index < -0.39 is 0 Å². The second kappa shape index (κ2) is 8.77. The summed E-state index contributed by atoms with van der Waals surface area (Å²) < 4.78 is 0.